The van der Waals surface area contributed by atoms with Gasteiger partial charge in [-0.15, -0.1) is 0 Å². The molecule has 0 unspecified atom stereocenters. The Hall–Kier alpha value is -5.01. The summed E-state index contributed by atoms with van der Waals surface area (Å²) >= 11 is 0. The lowest BCUT2D eigenvalue weighted by atomic mass is 9.93. The topological polar surface area (TPSA) is 0 Å². The van der Waals surface area contributed by atoms with E-state index >= 15 is 13.2 Å². The summed E-state index contributed by atoms with van der Waals surface area (Å²) in [5, 5.41) is 0. The minimum Gasteiger partial charge on any atom is -0.206 e. The Kier molecular flexibility index (Phi) is 11.4. The number of hydrogen-bond donors (Lipinski definition) is 0. The van der Waals surface area contributed by atoms with E-state index in [-0.39, 0.29) is 20.8 Å². The van der Waals surface area contributed by atoms with Crippen molar-refractivity contribution in [3.8, 4) is 0 Å². The maximum Gasteiger partial charge on any atom is 0.422 e. The van der Waals surface area contributed by atoms with Crippen molar-refractivity contribution in [3.63, 3.8) is 0 Å². The molecule has 27 heteroatoms. The molecule has 60 heavy (non-hydrogen) atoms. The predicted octanol–water partition coefficient (Wildman–Crippen LogP) is 14.8. The third-order valence-electron chi connectivity index (χ3n) is 8.60. The highest BCUT2D eigenvalue weighted by Gasteiger charge is 2.54. The fourth-order valence-electron chi connectivity index (χ4n) is 6.27. The Morgan fingerprint density at radius 3 is 0.517 bits per heavy atom. The standard InChI is InChI=1S/C33H9F27/c1-4(10-13(28(43,44)45)22(37)16(31(52,53)54)25(40)19(10)34)7-8(5(2)11-14(29(46,47)48)23(38)17(32(55,56)57)26(41)20(11)35)9(7)6(3)12-15(30(49,50)51)24(39)18(33(58,59)60)27(42)21(12)36/h1-3H3. The lowest BCUT2D eigenvalue weighted by Gasteiger charge is -2.20. The molecule has 0 heterocycles. The summed E-state index contributed by atoms with van der Waals surface area (Å²) in [6.07, 6.45) is -39.6. The maximum atomic E-state index is 15.4. The smallest absolute Gasteiger partial charge is 0.206 e. The maximum absolute atomic E-state index is 15.4. The fourth-order valence-corrected chi connectivity index (χ4v) is 6.27. The van der Waals surface area contributed by atoms with E-state index in [2.05, 4.69) is 0 Å². The van der Waals surface area contributed by atoms with Crippen LogP contribution in [0, 0.1) is 52.4 Å². The molecule has 1 aliphatic carbocycles. The average Bonchev–Trinajstić information content (AvgIpc) is 3.77. The van der Waals surface area contributed by atoms with Gasteiger partial charge in [-0.25, -0.2) is 39.5 Å². The van der Waals surface area contributed by atoms with E-state index < -0.39 is 173 Å². The SMILES string of the molecule is CC(=C1C(=C(C)c2c(F)c(F)c(C(F)(F)F)c(F)c2C(F)(F)F)C1=C(C)c1c(F)c(F)c(C(F)(F)F)c(F)c1C(F)(F)F)c1c(F)c(F)c(C(F)(F)F)c(F)c1C(F)(F)F. The Bertz CT molecular complexity index is 2150. The summed E-state index contributed by atoms with van der Waals surface area (Å²) in [6.45, 7) is -0.355. The van der Waals surface area contributed by atoms with Crippen LogP contribution in [-0.4, -0.2) is 0 Å². The molecule has 0 aliphatic heterocycles. The first-order chi connectivity index (χ1) is 26.7. The first-order valence-electron chi connectivity index (χ1n) is 14.9. The van der Waals surface area contributed by atoms with Crippen LogP contribution in [0.4, 0.5) is 119 Å². The molecule has 0 aromatic heterocycles. The van der Waals surface area contributed by atoms with Gasteiger partial charge in [0, 0.05) is 16.7 Å². The minimum absolute atomic E-state index is 0.118. The molecule has 0 atom stereocenters. The van der Waals surface area contributed by atoms with Crippen molar-refractivity contribution < 1.29 is 119 Å². The van der Waals surface area contributed by atoms with E-state index in [0.717, 1.165) is 0 Å². The van der Waals surface area contributed by atoms with Crippen LogP contribution in [0.1, 0.15) is 70.8 Å². The minimum atomic E-state index is -6.65. The van der Waals surface area contributed by atoms with Gasteiger partial charge in [-0.05, 0) is 54.2 Å². The third kappa shape index (κ3) is 7.63. The Morgan fingerprint density at radius 2 is 0.383 bits per heavy atom. The number of hydrogen-bond acceptors (Lipinski definition) is 0. The quantitative estimate of drug-likeness (QED) is 0.181. The highest BCUT2D eigenvalue weighted by atomic mass is 19.4. The van der Waals surface area contributed by atoms with E-state index in [1.54, 1.807) is 0 Å². The molecule has 0 N–H and O–H groups in total. The first kappa shape index (κ1) is 47.7. The van der Waals surface area contributed by atoms with E-state index in [1.165, 1.54) is 0 Å². The predicted molar refractivity (Wildman–Crippen MR) is 147 cm³/mol. The zero-order valence-electron chi connectivity index (χ0n) is 28.2. The molecule has 0 saturated heterocycles. The Labute approximate surface area is 312 Å². The van der Waals surface area contributed by atoms with Crippen LogP contribution in [0.2, 0.25) is 0 Å². The van der Waals surface area contributed by atoms with Crippen molar-refractivity contribution in [2.75, 3.05) is 0 Å². The van der Waals surface area contributed by atoms with Crippen LogP contribution in [0.3, 0.4) is 0 Å². The van der Waals surface area contributed by atoms with Gasteiger partial charge in [-0.2, -0.15) is 79.0 Å². The second-order valence-corrected chi connectivity index (χ2v) is 12.2. The van der Waals surface area contributed by atoms with Crippen molar-refractivity contribution in [2.24, 2.45) is 0 Å². The van der Waals surface area contributed by atoms with Crippen LogP contribution in [0.25, 0.3) is 16.7 Å². The van der Waals surface area contributed by atoms with Gasteiger partial charge in [0.15, 0.2) is 52.4 Å². The summed E-state index contributed by atoms with van der Waals surface area (Å²) in [6, 6.07) is 0. The molecule has 0 spiro atoms. The second-order valence-electron chi connectivity index (χ2n) is 12.2. The van der Waals surface area contributed by atoms with E-state index in [1.807, 2.05) is 0 Å². The number of rotatable bonds is 3. The second kappa shape index (κ2) is 14.3. The molecule has 330 valence electrons. The van der Waals surface area contributed by atoms with Crippen molar-refractivity contribution in [3.05, 3.63) is 119 Å². The van der Waals surface area contributed by atoms with Gasteiger partial charge in [-0.1, -0.05) is 0 Å². The molecular weight excluding hydrogens is 909 g/mol. The van der Waals surface area contributed by atoms with Gasteiger partial charge in [0.1, 0.15) is 33.4 Å². The van der Waals surface area contributed by atoms with Crippen LogP contribution in [-0.2, 0) is 37.1 Å². The molecule has 0 nitrogen and oxygen atoms in total. The van der Waals surface area contributed by atoms with Gasteiger partial charge < -0.3 is 0 Å². The number of benzene rings is 3. The molecule has 1 fully saturated rings. The van der Waals surface area contributed by atoms with Gasteiger partial charge in [0.05, 0.1) is 0 Å². The van der Waals surface area contributed by atoms with E-state index in [4.69, 9.17) is 0 Å². The normalized spacial score (nSPS) is 14.4. The van der Waals surface area contributed by atoms with Gasteiger partial charge in [-0.3, -0.25) is 0 Å². The van der Waals surface area contributed by atoms with Gasteiger partial charge in [0.25, 0.3) is 0 Å². The largest absolute Gasteiger partial charge is 0.422 e. The molecule has 0 bridgehead atoms. The number of allylic oxidation sites excluding steroid dienone is 6. The lowest BCUT2D eigenvalue weighted by Crippen LogP contribution is -2.22. The van der Waals surface area contributed by atoms with Crippen molar-refractivity contribution in [2.45, 2.75) is 57.8 Å². The first-order valence-corrected chi connectivity index (χ1v) is 14.9. The Balaban J connectivity index is 2.46. The molecule has 1 saturated carbocycles. The van der Waals surface area contributed by atoms with E-state index in [0.29, 0.717) is 0 Å². The van der Waals surface area contributed by atoms with Crippen molar-refractivity contribution >= 4 is 16.7 Å². The number of halogens is 27. The third-order valence-corrected chi connectivity index (χ3v) is 8.60. The summed E-state index contributed by atoms with van der Waals surface area (Å²) in [5.41, 5.74) is -41.6. The summed E-state index contributed by atoms with van der Waals surface area (Å²) in [5.74, 6) is -32.1. The fraction of sp³-hybridized carbons (Fsp3) is 0.273. The molecule has 3 aromatic carbocycles. The molecule has 0 radical (unpaired) electrons. The molecule has 0 amide bonds. The van der Waals surface area contributed by atoms with Crippen LogP contribution in [0.5, 0.6) is 0 Å². The van der Waals surface area contributed by atoms with Crippen molar-refractivity contribution in [1.29, 1.82) is 0 Å². The number of alkyl halides is 18. The van der Waals surface area contributed by atoms with Crippen LogP contribution < -0.4 is 0 Å². The lowest BCUT2D eigenvalue weighted by molar-refractivity contribution is -0.151. The highest BCUT2D eigenvalue weighted by Crippen LogP contribution is 2.60. The molecule has 4 rings (SSSR count). The summed E-state index contributed by atoms with van der Waals surface area (Å²) < 4.78 is 383. The zero-order valence-corrected chi connectivity index (χ0v) is 28.2. The van der Waals surface area contributed by atoms with Gasteiger partial charge in [0.2, 0.25) is 0 Å². The highest BCUT2D eigenvalue weighted by molar-refractivity contribution is 6.06. The molecule has 3 aromatic rings. The van der Waals surface area contributed by atoms with Gasteiger partial charge >= 0.3 is 37.1 Å². The molecule has 1 aliphatic rings. The summed E-state index contributed by atoms with van der Waals surface area (Å²) in [7, 11) is 0. The summed E-state index contributed by atoms with van der Waals surface area (Å²) in [4.78, 5) is 0. The van der Waals surface area contributed by atoms with Crippen LogP contribution >= 0.6 is 0 Å². The van der Waals surface area contributed by atoms with E-state index in [9.17, 15) is 105 Å². The Morgan fingerprint density at radius 1 is 0.233 bits per heavy atom. The average molecular weight is 918 g/mol. The zero-order chi connectivity index (χ0) is 46.9. The van der Waals surface area contributed by atoms with Crippen molar-refractivity contribution in [1.82, 2.24) is 0 Å². The van der Waals surface area contributed by atoms with Crippen LogP contribution in [0.15, 0.2) is 16.7 Å². The monoisotopic (exact) mass is 918 g/mol. The molecular formula is C33H9F27.